The van der Waals surface area contributed by atoms with Gasteiger partial charge in [-0.3, -0.25) is 0 Å². The molecular weight excluding hydrogens is 629 g/mol. The minimum Gasteiger partial charge on any atom is -0.455 e. The van der Waals surface area contributed by atoms with Gasteiger partial charge in [0, 0.05) is 16.2 Å². The normalized spacial score (nSPS) is 13.2. The van der Waals surface area contributed by atoms with Crippen molar-refractivity contribution in [1.29, 1.82) is 0 Å². The smallest absolute Gasteiger partial charge is 0.143 e. The molecule has 1 aliphatic carbocycles. The van der Waals surface area contributed by atoms with Gasteiger partial charge >= 0.3 is 0 Å². The summed E-state index contributed by atoms with van der Waals surface area (Å²) >= 11 is 0. The summed E-state index contributed by atoms with van der Waals surface area (Å²) in [6.07, 6.45) is 0. The summed E-state index contributed by atoms with van der Waals surface area (Å²) in [5.41, 5.74) is 13.9. The Kier molecular flexibility index (Phi) is 6.23. The van der Waals surface area contributed by atoms with Crippen molar-refractivity contribution in [1.82, 2.24) is 0 Å². The van der Waals surface area contributed by atoms with E-state index in [9.17, 15) is 0 Å². The Hall–Kier alpha value is -6.70. The van der Waals surface area contributed by atoms with Crippen LogP contribution < -0.4 is 0 Å². The lowest BCUT2D eigenvalue weighted by molar-refractivity contribution is 0.673. The molecule has 0 spiro atoms. The molecule has 0 amide bonds. The number of fused-ring (bicyclic) bond motifs is 10. The highest BCUT2D eigenvalue weighted by Crippen LogP contribution is 2.60. The third-order valence-corrected chi connectivity index (χ3v) is 11.3. The van der Waals surface area contributed by atoms with Crippen molar-refractivity contribution >= 4 is 43.5 Å². The Balaban J connectivity index is 1.29. The van der Waals surface area contributed by atoms with Crippen molar-refractivity contribution < 1.29 is 4.42 Å². The average Bonchev–Trinajstić information content (AvgIpc) is 3.77. The first-order valence-electron chi connectivity index (χ1n) is 18.0. The molecule has 1 heterocycles. The van der Waals surface area contributed by atoms with Gasteiger partial charge in [-0.15, -0.1) is 0 Å². The maximum Gasteiger partial charge on any atom is 0.143 e. The van der Waals surface area contributed by atoms with E-state index in [0.29, 0.717) is 0 Å². The Labute approximate surface area is 302 Å². The molecule has 0 atom stereocenters. The van der Waals surface area contributed by atoms with E-state index < -0.39 is 5.41 Å². The maximum absolute atomic E-state index is 6.65. The van der Waals surface area contributed by atoms with E-state index in [-0.39, 0.29) is 0 Å². The minimum absolute atomic E-state index is 0.538. The van der Waals surface area contributed by atoms with E-state index >= 15 is 0 Å². The van der Waals surface area contributed by atoms with E-state index in [2.05, 4.69) is 194 Å². The third-order valence-electron chi connectivity index (χ3n) is 11.3. The van der Waals surface area contributed by atoms with Gasteiger partial charge in [0.05, 0.1) is 5.41 Å². The molecule has 0 aliphatic heterocycles. The van der Waals surface area contributed by atoms with E-state index in [1.54, 1.807) is 0 Å². The molecule has 1 aromatic heterocycles. The van der Waals surface area contributed by atoms with Crippen molar-refractivity contribution in [3.63, 3.8) is 0 Å². The van der Waals surface area contributed by atoms with Gasteiger partial charge in [0.15, 0.2) is 0 Å². The standard InChI is InChI=1S/C51H32O/c1-4-15-33(16-5-1)43-31-36-28-27-35(39-24-14-26-46-47(39)42-30-29-34-17-10-11-22-40(34)50(42)52-46)32-44(36)49-48(43)41-23-12-13-25-45(41)51(49,37-18-6-2-7-19-37)38-20-8-3-9-21-38/h1-32H. The number of furan rings is 1. The summed E-state index contributed by atoms with van der Waals surface area (Å²) in [6.45, 7) is 0. The molecule has 9 aromatic carbocycles. The topological polar surface area (TPSA) is 13.1 Å². The quantitative estimate of drug-likeness (QED) is 0.183. The number of benzene rings is 9. The predicted molar refractivity (Wildman–Crippen MR) is 217 cm³/mol. The molecule has 1 heteroatoms. The SMILES string of the molecule is c1ccc(-c2cc3ccc(-c4cccc5oc6c7ccccc7ccc6c45)cc3c3c2-c2ccccc2C3(c2ccccc2)c2ccccc2)cc1. The Morgan fingerprint density at radius 1 is 0.385 bits per heavy atom. The molecule has 242 valence electrons. The number of hydrogen-bond donors (Lipinski definition) is 0. The van der Waals surface area contributed by atoms with Crippen LogP contribution in [0, 0.1) is 0 Å². The van der Waals surface area contributed by atoms with Gasteiger partial charge in [-0.1, -0.05) is 170 Å². The van der Waals surface area contributed by atoms with Crippen LogP contribution in [-0.2, 0) is 5.41 Å². The van der Waals surface area contributed by atoms with Crippen LogP contribution in [-0.4, -0.2) is 0 Å². The molecule has 0 N–H and O–H groups in total. The number of hydrogen-bond acceptors (Lipinski definition) is 1. The molecule has 0 fully saturated rings. The second-order valence-electron chi connectivity index (χ2n) is 13.9. The van der Waals surface area contributed by atoms with Crippen molar-refractivity contribution in [2.75, 3.05) is 0 Å². The largest absolute Gasteiger partial charge is 0.455 e. The van der Waals surface area contributed by atoms with Crippen molar-refractivity contribution in [2.45, 2.75) is 5.41 Å². The zero-order valence-corrected chi connectivity index (χ0v) is 28.4. The zero-order valence-electron chi connectivity index (χ0n) is 28.4. The summed E-state index contributed by atoms with van der Waals surface area (Å²) in [5, 5.41) is 7.10. The summed E-state index contributed by atoms with van der Waals surface area (Å²) in [4.78, 5) is 0. The lowest BCUT2D eigenvalue weighted by atomic mass is 9.66. The fourth-order valence-corrected chi connectivity index (χ4v) is 9.18. The molecule has 1 aliphatic rings. The van der Waals surface area contributed by atoms with E-state index in [1.165, 1.54) is 71.8 Å². The van der Waals surface area contributed by atoms with Crippen molar-refractivity contribution in [3.05, 3.63) is 216 Å². The van der Waals surface area contributed by atoms with Gasteiger partial charge < -0.3 is 4.42 Å². The number of rotatable bonds is 4. The third kappa shape index (κ3) is 3.99. The second-order valence-corrected chi connectivity index (χ2v) is 13.9. The van der Waals surface area contributed by atoms with E-state index in [1.807, 2.05) is 0 Å². The summed E-state index contributed by atoms with van der Waals surface area (Å²) in [5.74, 6) is 0. The van der Waals surface area contributed by atoms with Gasteiger partial charge in [-0.05, 0) is 96.1 Å². The molecule has 0 saturated heterocycles. The van der Waals surface area contributed by atoms with Crippen molar-refractivity contribution in [3.8, 4) is 33.4 Å². The zero-order chi connectivity index (χ0) is 34.2. The minimum atomic E-state index is -0.538. The molecule has 1 nitrogen and oxygen atoms in total. The lowest BCUT2D eigenvalue weighted by Gasteiger charge is -2.35. The summed E-state index contributed by atoms with van der Waals surface area (Å²) < 4.78 is 6.65. The van der Waals surface area contributed by atoms with Crippen LogP contribution in [0.4, 0.5) is 0 Å². The molecule has 0 saturated carbocycles. The fraction of sp³-hybridized carbons (Fsp3) is 0.0196. The Morgan fingerprint density at radius 3 is 1.83 bits per heavy atom. The molecule has 0 radical (unpaired) electrons. The fourth-order valence-electron chi connectivity index (χ4n) is 9.18. The van der Waals surface area contributed by atoms with Crippen LogP contribution in [0.25, 0.3) is 76.9 Å². The van der Waals surface area contributed by atoms with Crippen LogP contribution in [0.15, 0.2) is 199 Å². The Morgan fingerprint density at radius 2 is 1.04 bits per heavy atom. The van der Waals surface area contributed by atoms with Crippen LogP contribution in [0.1, 0.15) is 22.3 Å². The van der Waals surface area contributed by atoms with Crippen LogP contribution in [0.3, 0.4) is 0 Å². The van der Waals surface area contributed by atoms with Crippen molar-refractivity contribution in [2.24, 2.45) is 0 Å². The average molecular weight is 661 g/mol. The molecule has 0 unspecified atom stereocenters. The molecule has 11 rings (SSSR count). The summed E-state index contributed by atoms with van der Waals surface area (Å²) in [7, 11) is 0. The van der Waals surface area contributed by atoms with Crippen LogP contribution in [0.2, 0.25) is 0 Å². The first-order chi connectivity index (χ1) is 25.8. The highest BCUT2D eigenvalue weighted by molar-refractivity contribution is 6.19. The van der Waals surface area contributed by atoms with Gasteiger partial charge in [0.2, 0.25) is 0 Å². The summed E-state index contributed by atoms with van der Waals surface area (Å²) in [6, 6.07) is 71.1. The van der Waals surface area contributed by atoms with Gasteiger partial charge in [-0.2, -0.15) is 0 Å². The first-order valence-corrected chi connectivity index (χ1v) is 18.0. The van der Waals surface area contributed by atoms with Crippen LogP contribution >= 0.6 is 0 Å². The highest BCUT2D eigenvalue weighted by Gasteiger charge is 2.48. The van der Waals surface area contributed by atoms with Gasteiger partial charge in [0.1, 0.15) is 11.2 Å². The van der Waals surface area contributed by atoms with Gasteiger partial charge in [-0.25, -0.2) is 0 Å². The predicted octanol–water partition coefficient (Wildman–Crippen LogP) is 13.6. The molecule has 52 heavy (non-hydrogen) atoms. The monoisotopic (exact) mass is 660 g/mol. The maximum atomic E-state index is 6.65. The molecule has 0 bridgehead atoms. The lowest BCUT2D eigenvalue weighted by Crippen LogP contribution is -2.28. The highest BCUT2D eigenvalue weighted by atomic mass is 16.3. The Bertz CT molecular complexity index is 2950. The first kappa shape index (κ1) is 29.1. The van der Waals surface area contributed by atoms with Crippen LogP contribution in [0.5, 0.6) is 0 Å². The van der Waals surface area contributed by atoms with E-state index in [4.69, 9.17) is 4.42 Å². The molecular formula is C51H32O. The van der Waals surface area contributed by atoms with Gasteiger partial charge in [0.25, 0.3) is 0 Å². The second kappa shape index (κ2) is 11.2. The van der Waals surface area contributed by atoms with E-state index in [0.717, 1.165) is 27.3 Å². The molecule has 10 aromatic rings.